The van der Waals surface area contributed by atoms with Crippen molar-refractivity contribution in [2.75, 3.05) is 7.11 Å². The molecule has 0 aliphatic heterocycles. The predicted molar refractivity (Wildman–Crippen MR) is 49.3 cm³/mol. The van der Waals surface area contributed by atoms with Gasteiger partial charge in [0.05, 0.1) is 7.11 Å². The van der Waals surface area contributed by atoms with Gasteiger partial charge in [0.15, 0.2) is 5.82 Å². The van der Waals surface area contributed by atoms with Gasteiger partial charge in [0.1, 0.15) is 12.0 Å². The Bertz CT molecular complexity index is 492. The summed E-state index contributed by atoms with van der Waals surface area (Å²) in [4.78, 5) is 11.9. The first-order chi connectivity index (χ1) is 6.79. The standard InChI is InChI=1S/C7H6N4O2S/c1-12-5-2-4(8-3-9-5)6-10-7(14)13-11-6/h2-3H,1H3,(H,10,11,14). The molecule has 6 nitrogen and oxygen atoms in total. The van der Waals surface area contributed by atoms with Crippen LogP contribution < -0.4 is 4.74 Å². The summed E-state index contributed by atoms with van der Waals surface area (Å²) >= 11 is 4.71. The number of methoxy groups -OCH3 is 1. The van der Waals surface area contributed by atoms with E-state index in [0.29, 0.717) is 17.4 Å². The third-order valence-corrected chi connectivity index (χ3v) is 1.71. The Morgan fingerprint density at radius 3 is 3.00 bits per heavy atom. The van der Waals surface area contributed by atoms with Crippen molar-refractivity contribution >= 4 is 12.2 Å². The van der Waals surface area contributed by atoms with Crippen LogP contribution in [0.25, 0.3) is 11.5 Å². The van der Waals surface area contributed by atoms with E-state index in [1.54, 1.807) is 6.07 Å². The second-order valence-electron chi connectivity index (χ2n) is 2.38. The van der Waals surface area contributed by atoms with Crippen LogP contribution >= 0.6 is 12.2 Å². The van der Waals surface area contributed by atoms with E-state index in [1.165, 1.54) is 13.4 Å². The molecule has 2 heterocycles. The van der Waals surface area contributed by atoms with Crippen molar-refractivity contribution in [1.82, 2.24) is 20.1 Å². The molecule has 2 rings (SSSR count). The van der Waals surface area contributed by atoms with Crippen LogP contribution in [0.5, 0.6) is 5.88 Å². The molecule has 0 saturated carbocycles. The maximum absolute atomic E-state index is 4.93. The largest absolute Gasteiger partial charge is 0.481 e. The lowest BCUT2D eigenvalue weighted by molar-refractivity contribution is 0.396. The van der Waals surface area contributed by atoms with Gasteiger partial charge in [-0.1, -0.05) is 0 Å². The summed E-state index contributed by atoms with van der Waals surface area (Å²) in [6, 6.07) is 1.63. The molecule has 0 unspecified atom stereocenters. The van der Waals surface area contributed by atoms with Crippen LogP contribution in [0.4, 0.5) is 0 Å². The van der Waals surface area contributed by atoms with Crippen molar-refractivity contribution in [3.8, 4) is 17.4 Å². The first-order valence-electron chi connectivity index (χ1n) is 3.71. The van der Waals surface area contributed by atoms with Crippen molar-refractivity contribution in [2.24, 2.45) is 0 Å². The number of ether oxygens (including phenoxy) is 1. The van der Waals surface area contributed by atoms with Crippen LogP contribution in [0.15, 0.2) is 16.9 Å². The Labute approximate surface area is 84.0 Å². The monoisotopic (exact) mass is 210 g/mol. The van der Waals surface area contributed by atoms with Crippen LogP contribution in [0, 0.1) is 4.84 Å². The highest BCUT2D eigenvalue weighted by Gasteiger charge is 2.05. The molecule has 0 amide bonds. The molecule has 72 valence electrons. The molecule has 0 saturated heterocycles. The average molecular weight is 210 g/mol. The zero-order chi connectivity index (χ0) is 9.97. The molecule has 2 aromatic heterocycles. The van der Waals surface area contributed by atoms with Crippen molar-refractivity contribution in [3.05, 3.63) is 17.2 Å². The fraction of sp³-hybridized carbons (Fsp3) is 0.143. The topological polar surface area (TPSA) is 76.8 Å². The maximum atomic E-state index is 4.93. The van der Waals surface area contributed by atoms with Crippen LogP contribution in [0.1, 0.15) is 0 Å². The number of hydrogen-bond donors (Lipinski definition) is 1. The molecule has 0 aliphatic carbocycles. The lowest BCUT2D eigenvalue weighted by Gasteiger charge is -1.98. The van der Waals surface area contributed by atoms with Crippen molar-refractivity contribution < 1.29 is 9.26 Å². The first-order valence-corrected chi connectivity index (χ1v) is 4.12. The molecular weight excluding hydrogens is 204 g/mol. The first kappa shape index (κ1) is 8.82. The third-order valence-electron chi connectivity index (χ3n) is 1.53. The summed E-state index contributed by atoms with van der Waals surface area (Å²) in [7, 11) is 1.52. The number of hydrogen-bond acceptors (Lipinski definition) is 6. The number of nitrogens with one attached hydrogen (secondary N) is 1. The Morgan fingerprint density at radius 2 is 2.36 bits per heavy atom. The minimum absolute atomic E-state index is 0.137. The molecule has 2 aromatic rings. The SMILES string of the molecule is COc1cc(-c2nc(=S)o[nH]2)ncn1. The van der Waals surface area contributed by atoms with Crippen LogP contribution in [-0.2, 0) is 0 Å². The molecule has 0 fully saturated rings. The molecule has 0 bridgehead atoms. The fourth-order valence-electron chi connectivity index (χ4n) is 0.919. The maximum Gasteiger partial charge on any atom is 0.314 e. The number of nitrogens with zero attached hydrogens (tertiary/aromatic N) is 3. The zero-order valence-corrected chi connectivity index (χ0v) is 8.04. The molecule has 0 radical (unpaired) electrons. The molecule has 7 heteroatoms. The lowest BCUT2D eigenvalue weighted by Crippen LogP contribution is -1.91. The number of rotatable bonds is 2. The van der Waals surface area contributed by atoms with Crippen LogP contribution in [0.3, 0.4) is 0 Å². The van der Waals surface area contributed by atoms with E-state index in [2.05, 4.69) is 20.1 Å². The zero-order valence-electron chi connectivity index (χ0n) is 7.22. The van der Waals surface area contributed by atoms with E-state index >= 15 is 0 Å². The molecular formula is C7H6N4O2S. The summed E-state index contributed by atoms with van der Waals surface area (Å²) in [6.45, 7) is 0. The van der Waals surface area contributed by atoms with Gasteiger partial charge >= 0.3 is 4.84 Å². The number of aromatic amines is 1. The van der Waals surface area contributed by atoms with Gasteiger partial charge in [-0.05, 0) is 12.2 Å². The Morgan fingerprint density at radius 1 is 1.50 bits per heavy atom. The van der Waals surface area contributed by atoms with Gasteiger partial charge in [-0.2, -0.15) is 10.1 Å². The smallest absolute Gasteiger partial charge is 0.314 e. The fourth-order valence-corrected chi connectivity index (χ4v) is 1.05. The molecule has 0 aromatic carbocycles. The van der Waals surface area contributed by atoms with Crippen LogP contribution in [-0.4, -0.2) is 27.2 Å². The lowest BCUT2D eigenvalue weighted by atomic mass is 10.4. The van der Waals surface area contributed by atoms with Gasteiger partial charge in [-0.15, -0.1) is 0 Å². The van der Waals surface area contributed by atoms with E-state index in [1.807, 2.05) is 0 Å². The molecule has 0 spiro atoms. The molecule has 0 atom stereocenters. The van der Waals surface area contributed by atoms with Gasteiger partial charge in [0.2, 0.25) is 5.88 Å². The van der Waals surface area contributed by atoms with Crippen LogP contribution in [0.2, 0.25) is 0 Å². The Balaban J connectivity index is 2.46. The average Bonchev–Trinajstić information content (AvgIpc) is 2.65. The minimum atomic E-state index is 0.137. The molecule has 14 heavy (non-hydrogen) atoms. The van der Waals surface area contributed by atoms with E-state index < -0.39 is 0 Å². The van der Waals surface area contributed by atoms with E-state index in [4.69, 9.17) is 21.5 Å². The predicted octanol–water partition coefficient (Wildman–Crippen LogP) is 1.20. The third kappa shape index (κ3) is 1.62. The van der Waals surface area contributed by atoms with E-state index in [0.717, 1.165) is 0 Å². The molecule has 1 N–H and O–H groups in total. The van der Waals surface area contributed by atoms with Crippen molar-refractivity contribution in [3.63, 3.8) is 0 Å². The van der Waals surface area contributed by atoms with Crippen molar-refractivity contribution in [2.45, 2.75) is 0 Å². The van der Waals surface area contributed by atoms with E-state index in [-0.39, 0.29) is 4.84 Å². The van der Waals surface area contributed by atoms with Gasteiger partial charge in [-0.25, -0.2) is 9.97 Å². The molecule has 0 aliphatic rings. The van der Waals surface area contributed by atoms with Gasteiger partial charge in [-0.3, -0.25) is 0 Å². The summed E-state index contributed by atoms with van der Waals surface area (Å²) < 4.78 is 9.70. The quantitative estimate of drug-likeness (QED) is 0.750. The normalized spacial score (nSPS) is 10.1. The summed E-state index contributed by atoms with van der Waals surface area (Å²) in [5.74, 6) is 0.910. The Kier molecular flexibility index (Phi) is 2.23. The minimum Gasteiger partial charge on any atom is -0.481 e. The van der Waals surface area contributed by atoms with Gasteiger partial charge in [0, 0.05) is 6.07 Å². The number of aromatic nitrogens is 4. The summed E-state index contributed by atoms with van der Waals surface area (Å²) in [5, 5.41) is 2.54. The highest BCUT2D eigenvalue weighted by atomic mass is 32.1. The highest BCUT2D eigenvalue weighted by Crippen LogP contribution is 2.15. The number of H-pyrrole nitrogens is 1. The van der Waals surface area contributed by atoms with Gasteiger partial charge < -0.3 is 9.26 Å². The highest BCUT2D eigenvalue weighted by molar-refractivity contribution is 7.71. The second-order valence-corrected chi connectivity index (χ2v) is 2.73. The summed E-state index contributed by atoms with van der Waals surface area (Å²) in [5.41, 5.74) is 0.566. The summed E-state index contributed by atoms with van der Waals surface area (Å²) in [6.07, 6.45) is 1.37. The van der Waals surface area contributed by atoms with E-state index in [9.17, 15) is 0 Å². The van der Waals surface area contributed by atoms with Gasteiger partial charge in [0.25, 0.3) is 0 Å². The van der Waals surface area contributed by atoms with Crippen molar-refractivity contribution in [1.29, 1.82) is 0 Å². The Hall–Kier alpha value is -1.76. The second kappa shape index (κ2) is 3.54.